The Morgan fingerprint density at radius 3 is 2.31 bits per heavy atom. The van der Waals surface area contributed by atoms with Crippen molar-refractivity contribution in [3.63, 3.8) is 0 Å². The standard InChI is InChI=1S/C10H20N2O/c1-7(2)10(13)5-12(6-10)9-3-8(11)4-9/h7-9,13H,3-6,11H2,1-2H3. The molecular formula is C10H20N2O. The molecule has 0 bridgehead atoms. The lowest BCUT2D eigenvalue weighted by molar-refractivity contribution is -0.153. The minimum Gasteiger partial charge on any atom is -0.387 e. The van der Waals surface area contributed by atoms with Crippen molar-refractivity contribution in [2.45, 2.75) is 44.4 Å². The van der Waals surface area contributed by atoms with Gasteiger partial charge in [0.15, 0.2) is 0 Å². The van der Waals surface area contributed by atoms with Crippen LogP contribution in [0.2, 0.25) is 0 Å². The Bertz CT molecular complexity index is 193. The summed E-state index contributed by atoms with van der Waals surface area (Å²) in [5.41, 5.74) is 5.31. The Morgan fingerprint density at radius 2 is 1.92 bits per heavy atom. The molecule has 0 aromatic rings. The van der Waals surface area contributed by atoms with Gasteiger partial charge in [-0.1, -0.05) is 13.8 Å². The summed E-state index contributed by atoms with van der Waals surface area (Å²) in [5, 5.41) is 10.0. The lowest BCUT2D eigenvalue weighted by atomic mass is 9.77. The molecule has 0 spiro atoms. The van der Waals surface area contributed by atoms with Crippen LogP contribution in [-0.4, -0.2) is 40.8 Å². The SMILES string of the molecule is CC(C)C1(O)CN(C2CC(N)C2)C1. The van der Waals surface area contributed by atoms with Crippen molar-refractivity contribution >= 4 is 0 Å². The summed E-state index contributed by atoms with van der Waals surface area (Å²) >= 11 is 0. The second kappa shape index (κ2) is 2.94. The van der Waals surface area contributed by atoms with E-state index in [2.05, 4.69) is 18.7 Å². The van der Waals surface area contributed by atoms with Gasteiger partial charge in [0.1, 0.15) is 0 Å². The number of aliphatic hydroxyl groups is 1. The Kier molecular flexibility index (Phi) is 2.13. The molecule has 1 heterocycles. The van der Waals surface area contributed by atoms with Crippen LogP contribution >= 0.6 is 0 Å². The van der Waals surface area contributed by atoms with Gasteiger partial charge in [-0.05, 0) is 18.8 Å². The molecule has 0 unspecified atom stereocenters. The summed E-state index contributed by atoms with van der Waals surface area (Å²) in [6.07, 6.45) is 2.24. The minimum atomic E-state index is -0.417. The highest BCUT2D eigenvalue weighted by Crippen LogP contribution is 2.35. The molecular weight excluding hydrogens is 164 g/mol. The van der Waals surface area contributed by atoms with Crippen molar-refractivity contribution in [2.24, 2.45) is 11.7 Å². The van der Waals surface area contributed by atoms with E-state index in [-0.39, 0.29) is 0 Å². The van der Waals surface area contributed by atoms with Crippen LogP contribution in [-0.2, 0) is 0 Å². The second-order valence-electron chi connectivity index (χ2n) is 5.05. The molecule has 2 fully saturated rings. The smallest absolute Gasteiger partial charge is 0.0923 e. The predicted molar refractivity (Wildman–Crippen MR) is 52.4 cm³/mol. The van der Waals surface area contributed by atoms with E-state index in [1.807, 2.05) is 0 Å². The molecule has 13 heavy (non-hydrogen) atoms. The predicted octanol–water partition coefficient (Wildman–Crippen LogP) is 0.179. The molecule has 2 aliphatic rings. The van der Waals surface area contributed by atoms with E-state index in [0.29, 0.717) is 18.0 Å². The van der Waals surface area contributed by atoms with E-state index in [1.165, 1.54) is 0 Å². The molecule has 2 rings (SSSR count). The minimum absolute atomic E-state index is 0.373. The number of nitrogens with two attached hydrogens (primary N) is 1. The molecule has 0 aromatic carbocycles. The zero-order chi connectivity index (χ0) is 9.64. The molecule has 1 saturated heterocycles. The quantitative estimate of drug-likeness (QED) is 0.643. The molecule has 76 valence electrons. The molecule has 0 amide bonds. The number of β-amino-alcohol motifs (C(OH)–C–C–N with tert-alkyl or cyclic N) is 1. The molecule has 0 aromatic heterocycles. The van der Waals surface area contributed by atoms with Crippen molar-refractivity contribution in [3.05, 3.63) is 0 Å². The maximum absolute atomic E-state index is 10.0. The molecule has 0 atom stereocenters. The first-order chi connectivity index (χ1) is 6.01. The van der Waals surface area contributed by atoms with Crippen molar-refractivity contribution in [3.8, 4) is 0 Å². The topological polar surface area (TPSA) is 49.5 Å². The van der Waals surface area contributed by atoms with E-state index in [0.717, 1.165) is 25.9 Å². The normalized spacial score (nSPS) is 38.5. The molecule has 3 nitrogen and oxygen atoms in total. The van der Waals surface area contributed by atoms with Crippen LogP contribution in [0.1, 0.15) is 26.7 Å². The number of nitrogens with zero attached hydrogens (tertiary/aromatic N) is 1. The first kappa shape index (κ1) is 9.44. The van der Waals surface area contributed by atoms with Crippen molar-refractivity contribution < 1.29 is 5.11 Å². The van der Waals surface area contributed by atoms with E-state index in [9.17, 15) is 5.11 Å². The number of likely N-dealkylation sites (tertiary alicyclic amines) is 1. The van der Waals surface area contributed by atoms with E-state index >= 15 is 0 Å². The Morgan fingerprint density at radius 1 is 1.38 bits per heavy atom. The first-order valence-electron chi connectivity index (χ1n) is 5.23. The number of hydrogen-bond acceptors (Lipinski definition) is 3. The maximum atomic E-state index is 10.0. The fraction of sp³-hybridized carbons (Fsp3) is 1.00. The fourth-order valence-corrected chi connectivity index (χ4v) is 2.21. The number of rotatable bonds is 2. The summed E-state index contributed by atoms with van der Waals surface area (Å²) in [5.74, 6) is 0.373. The summed E-state index contributed by atoms with van der Waals surface area (Å²) in [4.78, 5) is 2.36. The summed E-state index contributed by atoms with van der Waals surface area (Å²) in [6.45, 7) is 5.87. The average Bonchev–Trinajstić information content (AvgIpc) is 1.92. The van der Waals surface area contributed by atoms with Gasteiger partial charge in [0.05, 0.1) is 5.60 Å². The van der Waals surface area contributed by atoms with E-state index in [4.69, 9.17) is 5.73 Å². The summed E-state index contributed by atoms with van der Waals surface area (Å²) in [6, 6.07) is 1.08. The summed E-state index contributed by atoms with van der Waals surface area (Å²) in [7, 11) is 0. The average molecular weight is 184 g/mol. The van der Waals surface area contributed by atoms with Gasteiger partial charge in [-0.2, -0.15) is 0 Å². The highest BCUT2D eigenvalue weighted by molar-refractivity contribution is 5.03. The van der Waals surface area contributed by atoms with E-state index in [1.54, 1.807) is 0 Å². The van der Waals surface area contributed by atoms with Gasteiger partial charge in [-0.15, -0.1) is 0 Å². The lowest BCUT2D eigenvalue weighted by Gasteiger charge is -2.55. The van der Waals surface area contributed by atoms with Crippen LogP contribution in [0.4, 0.5) is 0 Å². The van der Waals surface area contributed by atoms with Gasteiger partial charge < -0.3 is 10.8 Å². The van der Waals surface area contributed by atoms with Crippen LogP contribution < -0.4 is 5.73 Å². The molecule has 1 aliphatic heterocycles. The van der Waals surface area contributed by atoms with Crippen LogP contribution in [0.15, 0.2) is 0 Å². The third-order valence-corrected chi connectivity index (χ3v) is 3.69. The largest absolute Gasteiger partial charge is 0.387 e. The summed E-state index contributed by atoms with van der Waals surface area (Å²) < 4.78 is 0. The third kappa shape index (κ3) is 1.49. The molecule has 1 aliphatic carbocycles. The van der Waals surface area contributed by atoms with E-state index < -0.39 is 5.60 Å². The van der Waals surface area contributed by atoms with Gasteiger partial charge in [0.25, 0.3) is 0 Å². The number of hydrogen-bond donors (Lipinski definition) is 2. The van der Waals surface area contributed by atoms with Crippen molar-refractivity contribution in [2.75, 3.05) is 13.1 Å². The monoisotopic (exact) mass is 184 g/mol. The molecule has 0 radical (unpaired) electrons. The highest BCUT2D eigenvalue weighted by atomic mass is 16.3. The van der Waals surface area contributed by atoms with Gasteiger partial charge in [-0.25, -0.2) is 0 Å². The Labute approximate surface area is 79.9 Å². The molecule has 3 heteroatoms. The van der Waals surface area contributed by atoms with Crippen LogP contribution in [0.5, 0.6) is 0 Å². The van der Waals surface area contributed by atoms with Gasteiger partial charge in [-0.3, -0.25) is 4.90 Å². The third-order valence-electron chi connectivity index (χ3n) is 3.69. The Balaban J connectivity index is 1.78. The Hall–Kier alpha value is -0.120. The zero-order valence-corrected chi connectivity index (χ0v) is 8.53. The van der Waals surface area contributed by atoms with Gasteiger partial charge >= 0.3 is 0 Å². The van der Waals surface area contributed by atoms with Gasteiger partial charge in [0, 0.05) is 25.2 Å². The van der Waals surface area contributed by atoms with Crippen molar-refractivity contribution in [1.29, 1.82) is 0 Å². The van der Waals surface area contributed by atoms with Gasteiger partial charge in [0.2, 0.25) is 0 Å². The molecule has 1 saturated carbocycles. The van der Waals surface area contributed by atoms with Crippen LogP contribution in [0.25, 0.3) is 0 Å². The highest BCUT2D eigenvalue weighted by Gasteiger charge is 2.48. The second-order valence-corrected chi connectivity index (χ2v) is 5.05. The van der Waals surface area contributed by atoms with Crippen molar-refractivity contribution in [1.82, 2.24) is 4.90 Å². The lowest BCUT2D eigenvalue weighted by Crippen LogP contribution is -2.69. The van der Waals surface area contributed by atoms with Crippen LogP contribution in [0.3, 0.4) is 0 Å². The molecule has 3 N–H and O–H groups in total. The maximum Gasteiger partial charge on any atom is 0.0923 e. The fourth-order valence-electron chi connectivity index (χ4n) is 2.21. The first-order valence-corrected chi connectivity index (χ1v) is 5.23. The zero-order valence-electron chi connectivity index (χ0n) is 8.53. The van der Waals surface area contributed by atoms with Crippen LogP contribution in [0, 0.1) is 5.92 Å².